The second-order valence-corrected chi connectivity index (χ2v) is 1.79. The van der Waals surface area contributed by atoms with Crippen molar-refractivity contribution in [1.29, 1.82) is 0 Å². The van der Waals surface area contributed by atoms with Crippen LogP contribution in [0.15, 0.2) is 24.9 Å². The van der Waals surface area contributed by atoms with Crippen molar-refractivity contribution in [2.75, 3.05) is 0 Å². The van der Waals surface area contributed by atoms with Crippen molar-refractivity contribution < 1.29 is 9.90 Å². The van der Waals surface area contributed by atoms with Gasteiger partial charge in [0.05, 0.1) is 23.7 Å². The first-order chi connectivity index (χ1) is 5.38. The predicted octanol–water partition coefficient (Wildman–Crippen LogP) is 0.574. The number of aliphatic hydroxyl groups excluding tert-OH is 1. The van der Waals surface area contributed by atoms with E-state index in [1.165, 1.54) is 18.6 Å². The SMILES string of the molecule is O=C/C(=C/O)c1cnccn1. The molecule has 1 aromatic rings. The van der Waals surface area contributed by atoms with Crippen LogP contribution in [0, 0.1) is 0 Å². The van der Waals surface area contributed by atoms with Crippen LogP contribution in [0.2, 0.25) is 0 Å². The number of nitrogens with zero attached hydrogens (tertiary/aromatic N) is 2. The summed E-state index contributed by atoms with van der Waals surface area (Å²) < 4.78 is 0. The van der Waals surface area contributed by atoms with E-state index in [4.69, 9.17) is 5.11 Å². The van der Waals surface area contributed by atoms with E-state index in [1.807, 2.05) is 0 Å². The normalized spacial score (nSPS) is 11.1. The summed E-state index contributed by atoms with van der Waals surface area (Å²) in [5.74, 6) is 0. The number of carbonyl (C=O) groups excluding carboxylic acids is 1. The fraction of sp³-hybridized carbons (Fsp3) is 0. The van der Waals surface area contributed by atoms with Crippen molar-refractivity contribution in [3.05, 3.63) is 30.5 Å². The lowest BCUT2D eigenvalue weighted by Crippen LogP contribution is -1.90. The largest absolute Gasteiger partial charge is 0.515 e. The highest BCUT2D eigenvalue weighted by Crippen LogP contribution is 2.04. The second-order valence-electron chi connectivity index (χ2n) is 1.79. The summed E-state index contributed by atoms with van der Waals surface area (Å²) in [6.45, 7) is 0. The lowest BCUT2D eigenvalue weighted by molar-refractivity contribution is -0.103. The number of allylic oxidation sites excluding steroid dienone is 1. The maximum absolute atomic E-state index is 10.2. The van der Waals surface area contributed by atoms with Crippen molar-refractivity contribution in [3.63, 3.8) is 0 Å². The van der Waals surface area contributed by atoms with Gasteiger partial charge in [-0.3, -0.25) is 14.8 Å². The summed E-state index contributed by atoms with van der Waals surface area (Å²) in [6.07, 6.45) is 5.56. The molecule has 0 radical (unpaired) electrons. The average Bonchev–Trinajstić information content (AvgIpc) is 2.09. The standard InChI is InChI=1S/C7H6N2O2/c10-4-6(5-11)7-3-8-1-2-9-7/h1-5,10H/b6-4-. The smallest absolute Gasteiger partial charge is 0.155 e. The molecule has 4 nitrogen and oxygen atoms in total. The van der Waals surface area contributed by atoms with Crippen LogP contribution in [0.25, 0.3) is 5.57 Å². The fourth-order valence-corrected chi connectivity index (χ4v) is 0.605. The molecule has 0 bridgehead atoms. The Bertz CT molecular complexity index is 269. The molecule has 0 aliphatic carbocycles. The molecule has 0 spiro atoms. The molecule has 0 aromatic carbocycles. The Morgan fingerprint density at radius 3 is 2.82 bits per heavy atom. The first-order valence-corrected chi connectivity index (χ1v) is 2.94. The topological polar surface area (TPSA) is 63.1 Å². The molecule has 11 heavy (non-hydrogen) atoms. The van der Waals surface area contributed by atoms with Gasteiger partial charge in [-0.25, -0.2) is 0 Å². The van der Waals surface area contributed by atoms with E-state index < -0.39 is 0 Å². The molecule has 0 aliphatic rings. The van der Waals surface area contributed by atoms with Crippen molar-refractivity contribution >= 4 is 11.9 Å². The number of aldehydes is 1. The maximum atomic E-state index is 10.2. The van der Waals surface area contributed by atoms with Gasteiger partial charge in [-0.15, -0.1) is 0 Å². The lowest BCUT2D eigenvalue weighted by Gasteiger charge is -1.93. The minimum atomic E-state index is 0.123. The van der Waals surface area contributed by atoms with Gasteiger partial charge in [-0.1, -0.05) is 0 Å². The first kappa shape index (κ1) is 7.40. The van der Waals surface area contributed by atoms with Gasteiger partial charge in [-0.2, -0.15) is 0 Å². The van der Waals surface area contributed by atoms with E-state index in [9.17, 15) is 4.79 Å². The molecule has 1 aromatic heterocycles. The highest BCUT2D eigenvalue weighted by Gasteiger charge is 1.99. The Labute approximate surface area is 63.2 Å². The summed E-state index contributed by atoms with van der Waals surface area (Å²) in [5, 5.41) is 8.52. The summed E-state index contributed by atoms with van der Waals surface area (Å²) in [6, 6.07) is 0. The predicted molar refractivity (Wildman–Crippen MR) is 38.7 cm³/mol. The minimum absolute atomic E-state index is 0.123. The van der Waals surface area contributed by atoms with Gasteiger partial charge in [0.1, 0.15) is 0 Å². The zero-order valence-corrected chi connectivity index (χ0v) is 5.64. The molecule has 0 saturated heterocycles. The van der Waals surface area contributed by atoms with Crippen LogP contribution in [0.4, 0.5) is 0 Å². The molecule has 0 aliphatic heterocycles. The molecule has 0 fully saturated rings. The Hall–Kier alpha value is -1.71. The van der Waals surface area contributed by atoms with Crippen LogP contribution in [-0.2, 0) is 4.79 Å². The average molecular weight is 150 g/mol. The van der Waals surface area contributed by atoms with Crippen LogP contribution in [0.1, 0.15) is 5.69 Å². The van der Waals surface area contributed by atoms with E-state index in [0.717, 1.165) is 0 Å². The Morgan fingerprint density at radius 2 is 2.36 bits per heavy atom. The Balaban J connectivity index is 3.01. The second kappa shape index (κ2) is 3.46. The summed E-state index contributed by atoms with van der Waals surface area (Å²) in [4.78, 5) is 17.8. The van der Waals surface area contributed by atoms with E-state index in [1.54, 1.807) is 0 Å². The molecule has 0 atom stereocenters. The molecular weight excluding hydrogens is 144 g/mol. The monoisotopic (exact) mass is 150 g/mol. The van der Waals surface area contributed by atoms with Crippen molar-refractivity contribution in [2.45, 2.75) is 0 Å². The number of carbonyl (C=O) groups is 1. The molecule has 56 valence electrons. The molecule has 4 heteroatoms. The Morgan fingerprint density at radius 1 is 1.55 bits per heavy atom. The van der Waals surface area contributed by atoms with E-state index in [2.05, 4.69) is 9.97 Å². The van der Waals surface area contributed by atoms with Crippen LogP contribution in [-0.4, -0.2) is 21.4 Å². The summed E-state index contributed by atoms with van der Waals surface area (Å²) in [5.41, 5.74) is 0.489. The molecule has 0 amide bonds. The summed E-state index contributed by atoms with van der Waals surface area (Å²) >= 11 is 0. The molecule has 0 unspecified atom stereocenters. The maximum Gasteiger partial charge on any atom is 0.155 e. The number of rotatable bonds is 2. The molecule has 1 rings (SSSR count). The van der Waals surface area contributed by atoms with Crippen molar-refractivity contribution in [1.82, 2.24) is 9.97 Å². The lowest BCUT2D eigenvalue weighted by atomic mass is 10.2. The van der Waals surface area contributed by atoms with Gasteiger partial charge in [0.15, 0.2) is 6.29 Å². The molecular formula is C7H6N2O2. The number of hydrogen-bond donors (Lipinski definition) is 1. The van der Waals surface area contributed by atoms with Crippen molar-refractivity contribution in [3.8, 4) is 0 Å². The first-order valence-electron chi connectivity index (χ1n) is 2.94. The highest BCUT2D eigenvalue weighted by molar-refractivity contribution is 6.05. The zero-order chi connectivity index (χ0) is 8.10. The van der Waals surface area contributed by atoms with E-state index in [-0.39, 0.29) is 5.57 Å². The third-order valence-electron chi connectivity index (χ3n) is 1.12. The molecule has 1 heterocycles. The van der Waals surface area contributed by atoms with E-state index >= 15 is 0 Å². The van der Waals surface area contributed by atoms with Gasteiger partial charge in [0.25, 0.3) is 0 Å². The third-order valence-corrected chi connectivity index (χ3v) is 1.12. The highest BCUT2D eigenvalue weighted by atomic mass is 16.2. The van der Waals surface area contributed by atoms with Gasteiger partial charge in [-0.05, 0) is 0 Å². The van der Waals surface area contributed by atoms with Gasteiger partial charge in [0, 0.05) is 12.4 Å². The molecule has 0 saturated carbocycles. The van der Waals surface area contributed by atoms with Crippen molar-refractivity contribution in [2.24, 2.45) is 0 Å². The third kappa shape index (κ3) is 1.61. The molecule has 1 N–H and O–H groups in total. The quantitative estimate of drug-likeness (QED) is 0.380. The zero-order valence-electron chi connectivity index (χ0n) is 5.64. The van der Waals surface area contributed by atoms with Gasteiger partial charge in [0.2, 0.25) is 0 Å². The number of aromatic nitrogens is 2. The van der Waals surface area contributed by atoms with Gasteiger partial charge >= 0.3 is 0 Å². The Kier molecular flexibility index (Phi) is 2.32. The van der Waals surface area contributed by atoms with Gasteiger partial charge < -0.3 is 5.11 Å². The van der Waals surface area contributed by atoms with Crippen LogP contribution >= 0.6 is 0 Å². The minimum Gasteiger partial charge on any atom is -0.515 e. The van der Waals surface area contributed by atoms with Crippen LogP contribution in [0.3, 0.4) is 0 Å². The van der Waals surface area contributed by atoms with Crippen LogP contribution in [0.5, 0.6) is 0 Å². The fourth-order valence-electron chi connectivity index (χ4n) is 0.605. The van der Waals surface area contributed by atoms with Crippen LogP contribution < -0.4 is 0 Å². The van der Waals surface area contributed by atoms with E-state index in [0.29, 0.717) is 18.2 Å². The number of hydrogen-bond acceptors (Lipinski definition) is 4. The summed E-state index contributed by atoms with van der Waals surface area (Å²) in [7, 11) is 0. The number of aliphatic hydroxyl groups is 1.